The van der Waals surface area contributed by atoms with E-state index in [1.165, 1.54) is 14.2 Å². The molecule has 0 heterocycles. The molecule has 0 bridgehead atoms. The highest BCUT2D eigenvalue weighted by Gasteiger charge is 2.16. The number of benzene rings is 1. The number of aliphatic carboxylic acids is 1. The van der Waals surface area contributed by atoms with Crippen LogP contribution in [0.25, 0.3) is 0 Å². The number of methoxy groups -OCH3 is 2. The summed E-state index contributed by atoms with van der Waals surface area (Å²) in [5.74, 6) is -0.155. The lowest BCUT2D eigenvalue weighted by molar-refractivity contribution is -0.137. The Morgan fingerprint density at radius 1 is 1.32 bits per heavy atom. The van der Waals surface area contributed by atoms with Crippen LogP contribution in [0.4, 0.5) is 0 Å². The van der Waals surface area contributed by atoms with E-state index >= 15 is 0 Å². The number of carbonyl (C=O) groups is 2. The van der Waals surface area contributed by atoms with Crippen molar-refractivity contribution >= 4 is 22.8 Å². The molecule has 1 atom stereocenters. The summed E-state index contributed by atoms with van der Waals surface area (Å²) < 4.78 is 10.1. The van der Waals surface area contributed by atoms with Gasteiger partial charge in [0, 0.05) is 11.3 Å². The van der Waals surface area contributed by atoms with Gasteiger partial charge in [-0.1, -0.05) is 11.8 Å². The molecule has 0 aliphatic rings. The summed E-state index contributed by atoms with van der Waals surface area (Å²) in [6, 6.07) is 3.68. The molecule has 0 aliphatic carbocycles. The lowest BCUT2D eigenvalue weighted by Crippen LogP contribution is -2.32. The molecule has 0 fully saturated rings. The molecule has 6 nitrogen and oxygen atoms in total. The fraction of sp³-hybridized carbons (Fsp3) is 0.333. The average molecular weight is 285 g/mol. The molecule has 0 saturated heterocycles. The molecule has 1 aromatic rings. The van der Waals surface area contributed by atoms with Crippen molar-refractivity contribution in [1.82, 2.24) is 0 Å². The highest BCUT2D eigenvalue weighted by atomic mass is 32.2. The Labute approximate surface area is 114 Å². The van der Waals surface area contributed by atoms with Crippen LogP contribution in [-0.4, -0.2) is 42.2 Å². The van der Waals surface area contributed by atoms with Crippen molar-refractivity contribution in [3.8, 4) is 11.5 Å². The van der Waals surface area contributed by atoms with Crippen LogP contribution in [0.5, 0.6) is 11.5 Å². The zero-order valence-corrected chi connectivity index (χ0v) is 11.4. The van der Waals surface area contributed by atoms with Crippen molar-refractivity contribution in [3.63, 3.8) is 0 Å². The number of nitrogens with two attached hydrogens (primary N) is 1. The minimum Gasteiger partial charge on any atom is -0.493 e. The standard InChI is InChI=1S/C12H15NO5S/c1-17-9-4-3-7(5-10(9)18-2)12(16)19-6-8(13)11(14)15/h3-5,8H,6,13H2,1-2H3,(H,14,15). The van der Waals surface area contributed by atoms with Crippen LogP contribution in [0, 0.1) is 0 Å². The second-order valence-electron chi connectivity index (χ2n) is 3.61. The van der Waals surface area contributed by atoms with E-state index in [0.717, 1.165) is 11.8 Å². The van der Waals surface area contributed by atoms with Gasteiger partial charge < -0.3 is 20.3 Å². The number of rotatable bonds is 6. The molecule has 0 spiro atoms. The molecule has 3 N–H and O–H groups in total. The van der Waals surface area contributed by atoms with Crippen LogP contribution >= 0.6 is 11.8 Å². The van der Waals surface area contributed by atoms with E-state index < -0.39 is 12.0 Å². The van der Waals surface area contributed by atoms with Gasteiger partial charge in [0.2, 0.25) is 5.12 Å². The minimum atomic E-state index is -1.13. The Hall–Kier alpha value is -1.73. The summed E-state index contributed by atoms with van der Waals surface area (Å²) in [6.07, 6.45) is 0. The SMILES string of the molecule is COc1ccc(C(=O)SCC(N)C(=O)O)cc1OC. The predicted molar refractivity (Wildman–Crippen MR) is 71.9 cm³/mol. The Bertz CT molecular complexity index is 477. The highest BCUT2D eigenvalue weighted by Crippen LogP contribution is 2.29. The summed E-state index contributed by atoms with van der Waals surface area (Å²) in [7, 11) is 2.97. The predicted octanol–water partition coefficient (Wildman–Crippen LogP) is 0.989. The number of carboxylic acids is 1. The first-order chi connectivity index (χ1) is 8.99. The third-order valence-electron chi connectivity index (χ3n) is 2.33. The van der Waals surface area contributed by atoms with Gasteiger partial charge in [0.1, 0.15) is 6.04 Å². The third kappa shape index (κ3) is 4.15. The summed E-state index contributed by atoms with van der Waals surface area (Å²) in [6.45, 7) is 0. The van der Waals surface area contributed by atoms with Crippen molar-refractivity contribution < 1.29 is 24.2 Å². The maximum Gasteiger partial charge on any atom is 0.321 e. The molecule has 0 aromatic heterocycles. The maximum absolute atomic E-state index is 11.9. The Morgan fingerprint density at radius 2 is 1.95 bits per heavy atom. The van der Waals surface area contributed by atoms with Crippen molar-refractivity contribution in [2.24, 2.45) is 5.73 Å². The second-order valence-corrected chi connectivity index (χ2v) is 4.61. The van der Waals surface area contributed by atoms with E-state index in [0.29, 0.717) is 17.1 Å². The number of ether oxygens (including phenoxy) is 2. The molecule has 1 rings (SSSR count). The number of carboxylic acid groups (broad SMARTS) is 1. The summed E-state index contributed by atoms with van der Waals surface area (Å²) >= 11 is 0.857. The minimum absolute atomic E-state index is 0.0164. The summed E-state index contributed by atoms with van der Waals surface area (Å²) in [5, 5.41) is 8.36. The zero-order valence-electron chi connectivity index (χ0n) is 10.6. The quantitative estimate of drug-likeness (QED) is 0.804. The van der Waals surface area contributed by atoms with Gasteiger partial charge in [-0.25, -0.2) is 0 Å². The fourth-order valence-electron chi connectivity index (χ4n) is 1.28. The van der Waals surface area contributed by atoms with Crippen LogP contribution in [0.15, 0.2) is 18.2 Å². The van der Waals surface area contributed by atoms with Crippen LogP contribution in [0.3, 0.4) is 0 Å². The van der Waals surface area contributed by atoms with E-state index in [4.69, 9.17) is 20.3 Å². The molecule has 19 heavy (non-hydrogen) atoms. The molecule has 0 amide bonds. The van der Waals surface area contributed by atoms with Crippen LogP contribution in [-0.2, 0) is 4.79 Å². The van der Waals surface area contributed by atoms with E-state index in [2.05, 4.69) is 0 Å². The lowest BCUT2D eigenvalue weighted by Gasteiger charge is -2.09. The molecule has 1 aromatic carbocycles. The van der Waals surface area contributed by atoms with Gasteiger partial charge in [-0.15, -0.1) is 0 Å². The topological polar surface area (TPSA) is 98.9 Å². The van der Waals surface area contributed by atoms with Crippen molar-refractivity contribution in [2.75, 3.05) is 20.0 Å². The normalized spacial score (nSPS) is 11.7. The van der Waals surface area contributed by atoms with Gasteiger partial charge in [-0.3, -0.25) is 9.59 Å². The molecule has 104 valence electrons. The maximum atomic E-state index is 11.9. The van der Waals surface area contributed by atoms with E-state index in [1.54, 1.807) is 18.2 Å². The van der Waals surface area contributed by atoms with Gasteiger partial charge in [0.05, 0.1) is 14.2 Å². The lowest BCUT2D eigenvalue weighted by atomic mass is 10.2. The average Bonchev–Trinajstić information content (AvgIpc) is 2.43. The fourth-order valence-corrected chi connectivity index (χ4v) is 2.05. The Morgan fingerprint density at radius 3 is 2.47 bits per heavy atom. The summed E-state index contributed by atoms with van der Waals surface area (Å²) in [4.78, 5) is 22.4. The first-order valence-electron chi connectivity index (χ1n) is 5.37. The van der Waals surface area contributed by atoms with Gasteiger partial charge in [-0.05, 0) is 18.2 Å². The first-order valence-corrected chi connectivity index (χ1v) is 6.35. The van der Waals surface area contributed by atoms with Crippen LogP contribution < -0.4 is 15.2 Å². The van der Waals surface area contributed by atoms with Gasteiger partial charge in [0.25, 0.3) is 0 Å². The molecule has 7 heteroatoms. The number of hydrogen-bond donors (Lipinski definition) is 2. The molecular formula is C12H15NO5S. The van der Waals surface area contributed by atoms with Crippen LogP contribution in [0.1, 0.15) is 10.4 Å². The van der Waals surface area contributed by atoms with E-state index in [1.807, 2.05) is 0 Å². The number of hydrogen-bond acceptors (Lipinski definition) is 6. The molecule has 1 unspecified atom stereocenters. The first kappa shape index (κ1) is 15.3. The smallest absolute Gasteiger partial charge is 0.321 e. The monoisotopic (exact) mass is 285 g/mol. The molecule has 0 saturated carbocycles. The molecular weight excluding hydrogens is 270 g/mol. The Balaban J connectivity index is 2.75. The number of carbonyl (C=O) groups excluding carboxylic acids is 1. The largest absolute Gasteiger partial charge is 0.493 e. The number of thioether (sulfide) groups is 1. The highest BCUT2D eigenvalue weighted by molar-refractivity contribution is 8.14. The Kier molecular flexibility index (Phi) is 5.65. The second kappa shape index (κ2) is 7.01. The van der Waals surface area contributed by atoms with Crippen molar-refractivity contribution in [1.29, 1.82) is 0 Å². The van der Waals surface area contributed by atoms with Crippen LogP contribution in [0.2, 0.25) is 0 Å². The van der Waals surface area contributed by atoms with E-state index in [9.17, 15) is 9.59 Å². The molecule has 0 radical (unpaired) electrons. The summed E-state index contributed by atoms with van der Waals surface area (Å²) in [5.41, 5.74) is 5.73. The molecule has 0 aliphatic heterocycles. The zero-order chi connectivity index (χ0) is 14.4. The third-order valence-corrected chi connectivity index (χ3v) is 3.35. The van der Waals surface area contributed by atoms with Crippen molar-refractivity contribution in [3.05, 3.63) is 23.8 Å². The van der Waals surface area contributed by atoms with Gasteiger partial charge >= 0.3 is 5.97 Å². The van der Waals surface area contributed by atoms with E-state index in [-0.39, 0.29) is 10.9 Å². The van der Waals surface area contributed by atoms with Gasteiger partial charge in [-0.2, -0.15) is 0 Å². The van der Waals surface area contributed by atoms with Gasteiger partial charge in [0.15, 0.2) is 11.5 Å². The van der Waals surface area contributed by atoms with Crippen molar-refractivity contribution in [2.45, 2.75) is 6.04 Å².